The number of rotatable bonds is 6. The Morgan fingerprint density at radius 2 is 1.88 bits per heavy atom. The molecule has 0 radical (unpaired) electrons. The van der Waals surface area contributed by atoms with Crippen molar-refractivity contribution in [1.29, 1.82) is 0 Å². The molecule has 3 aromatic rings. The van der Waals surface area contributed by atoms with E-state index >= 15 is 0 Å². The highest BCUT2D eigenvalue weighted by molar-refractivity contribution is 8.00. The maximum absolute atomic E-state index is 13.4. The lowest BCUT2D eigenvalue weighted by Crippen LogP contribution is -2.52. The topological polar surface area (TPSA) is 84.5 Å². The summed E-state index contributed by atoms with van der Waals surface area (Å²) in [5.41, 5.74) is 2.37. The lowest BCUT2D eigenvalue weighted by Gasteiger charge is -2.40. The molecule has 33 heavy (non-hydrogen) atoms. The molecular formula is C24H27N5O3S. The molecule has 1 amide bonds. The number of hydrogen-bond acceptors (Lipinski definition) is 7. The number of aryl methyl sites for hydroxylation is 2. The smallest absolute Gasteiger partial charge is 0.289 e. The SMILES string of the molecule is CCc1ccc(C(C2Sc3nc(CC)nn3C2=O)N2CCN(C(=O)c3ccco3)CC2)cc1. The van der Waals surface area contributed by atoms with Gasteiger partial charge < -0.3 is 9.32 Å². The highest BCUT2D eigenvalue weighted by Crippen LogP contribution is 2.41. The van der Waals surface area contributed by atoms with Crippen molar-refractivity contribution in [3.05, 3.63) is 65.4 Å². The monoisotopic (exact) mass is 465 g/mol. The molecule has 2 unspecified atom stereocenters. The Morgan fingerprint density at radius 1 is 1.12 bits per heavy atom. The highest BCUT2D eigenvalue weighted by Gasteiger charge is 2.43. The van der Waals surface area contributed by atoms with Crippen LogP contribution < -0.4 is 0 Å². The van der Waals surface area contributed by atoms with E-state index in [1.807, 2.05) is 11.8 Å². The van der Waals surface area contributed by atoms with Crippen LogP contribution in [0.1, 0.15) is 52.2 Å². The molecule has 8 nitrogen and oxygen atoms in total. The standard InChI is InChI=1S/C24H27N5O3S/c1-3-16-7-9-17(10-8-16)20(21-23(31)29-24(33-21)25-19(4-2)26-29)27-11-13-28(14-12-27)22(30)18-6-5-15-32-18/h5-10,15,20-21H,3-4,11-14H2,1-2H3. The van der Waals surface area contributed by atoms with Gasteiger partial charge in [-0.1, -0.05) is 49.9 Å². The second kappa shape index (κ2) is 9.15. The number of fused-ring (bicyclic) bond motifs is 1. The van der Waals surface area contributed by atoms with Gasteiger partial charge in [0.05, 0.1) is 12.3 Å². The number of amides is 1. The number of aromatic nitrogens is 3. The molecule has 2 aromatic heterocycles. The summed E-state index contributed by atoms with van der Waals surface area (Å²) in [5, 5.41) is 4.75. The van der Waals surface area contributed by atoms with Crippen molar-refractivity contribution < 1.29 is 14.0 Å². The van der Waals surface area contributed by atoms with Crippen LogP contribution in [0.5, 0.6) is 0 Å². The van der Waals surface area contributed by atoms with E-state index in [9.17, 15) is 9.59 Å². The van der Waals surface area contributed by atoms with E-state index in [1.165, 1.54) is 28.3 Å². The quantitative estimate of drug-likeness (QED) is 0.552. The Labute approximate surface area is 197 Å². The van der Waals surface area contributed by atoms with Crippen LogP contribution in [0.15, 0.2) is 52.2 Å². The number of hydrogen-bond donors (Lipinski definition) is 0. The van der Waals surface area contributed by atoms with Gasteiger partial charge in [-0.3, -0.25) is 14.5 Å². The minimum Gasteiger partial charge on any atom is -0.459 e. The average Bonchev–Trinajstić information content (AvgIpc) is 3.59. The Balaban J connectivity index is 1.38. The van der Waals surface area contributed by atoms with Crippen molar-refractivity contribution in [3.63, 3.8) is 0 Å². The number of nitrogens with zero attached hydrogens (tertiary/aromatic N) is 5. The largest absolute Gasteiger partial charge is 0.459 e. The molecular weight excluding hydrogens is 438 g/mol. The summed E-state index contributed by atoms with van der Waals surface area (Å²) in [6.45, 7) is 6.63. The van der Waals surface area contributed by atoms with Crippen molar-refractivity contribution in [2.75, 3.05) is 26.2 Å². The van der Waals surface area contributed by atoms with E-state index in [0.29, 0.717) is 49.3 Å². The Hall–Kier alpha value is -2.91. The van der Waals surface area contributed by atoms with Crippen LogP contribution in [-0.4, -0.2) is 67.8 Å². The predicted octanol–water partition coefficient (Wildman–Crippen LogP) is 3.31. The minimum atomic E-state index is -0.328. The van der Waals surface area contributed by atoms with Crippen molar-refractivity contribution >= 4 is 23.6 Å². The maximum atomic E-state index is 13.4. The number of carbonyl (C=O) groups excluding carboxylic acids is 2. The molecule has 0 N–H and O–H groups in total. The lowest BCUT2D eigenvalue weighted by atomic mass is 9.98. The third kappa shape index (κ3) is 4.11. The summed E-state index contributed by atoms with van der Waals surface area (Å²) in [6, 6.07) is 11.8. The van der Waals surface area contributed by atoms with Gasteiger partial charge in [0.2, 0.25) is 0 Å². The number of carbonyl (C=O) groups is 2. The van der Waals surface area contributed by atoms with Gasteiger partial charge in [-0.25, -0.2) is 4.98 Å². The molecule has 2 aliphatic rings. The Morgan fingerprint density at radius 3 is 2.48 bits per heavy atom. The first-order valence-electron chi connectivity index (χ1n) is 11.4. The van der Waals surface area contributed by atoms with Crippen LogP contribution in [0.3, 0.4) is 0 Å². The number of furan rings is 1. The zero-order chi connectivity index (χ0) is 22.9. The first kappa shape index (κ1) is 21.9. The first-order chi connectivity index (χ1) is 16.1. The molecule has 172 valence electrons. The molecule has 1 saturated heterocycles. The van der Waals surface area contributed by atoms with Crippen LogP contribution in [0.25, 0.3) is 0 Å². The molecule has 1 aromatic carbocycles. The summed E-state index contributed by atoms with van der Waals surface area (Å²) in [4.78, 5) is 34.7. The summed E-state index contributed by atoms with van der Waals surface area (Å²) in [5.74, 6) is 0.935. The molecule has 0 saturated carbocycles. The number of thioether (sulfide) groups is 1. The van der Waals surface area contributed by atoms with Gasteiger partial charge in [0.25, 0.3) is 11.8 Å². The fraction of sp³-hybridized carbons (Fsp3) is 0.417. The number of benzene rings is 1. The Bertz CT molecular complexity index is 1130. The molecule has 2 atom stereocenters. The van der Waals surface area contributed by atoms with Crippen molar-refractivity contribution in [2.45, 2.75) is 43.1 Å². The molecule has 4 heterocycles. The van der Waals surface area contributed by atoms with Gasteiger partial charge in [0, 0.05) is 32.6 Å². The summed E-state index contributed by atoms with van der Waals surface area (Å²) in [7, 11) is 0. The molecule has 1 fully saturated rings. The zero-order valence-electron chi connectivity index (χ0n) is 18.8. The van der Waals surface area contributed by atoms with E-state index in [1.54, 1.807) is 12.1 Å². The Kier molecular flexibility index (Phi) is 6.07. The van der Waals surface area contributed by atoms with Crippen LogP contribution in [0.4, 0.5) is 0 Å². The fourth-order valence-electron chi connectivity index (χ4n) is 4.48. The third-order valence-electron chi connectivity index (χ3n) is 6.37. The van der Waals surface area contributed by atoms with E-state index in [-0.39, 0.29) is 23.1 Å². The van der Waals surface area contributed by atoms with E-state index < -0.39 is 0 Å². The van der Waals surface area contributed by atoms with Crippen LogP contribution in [0, 0.1) is 0 Å². The normalized spacial score (nSPS) is 19.6. The maximum Gasteiger partial charge on any atom is 0.289 e. The first-order valence-corrected chi connectivity index (χ1v) is 12.3. The average molecular weight is 466 g/mol. The van der Waals surface area contributed by atoms with E-state index in [4.69, 9.17) is 4.42 Å². The summed E-state index contributed by atoms with van der Waals surface area (Å²) in [6.07, 6.45) is 3.19. The van der Waals surface area contributed by atoms with Gasteiger partial charge in [-0.2, -0.15) is 4.68 Å². The van der Waals surface area contributed by atoms with Crippen molar-refractivity contribution in [1.82, 2.24) is 24.6 Å². The van der Waals surface area contributed by atoms with Crippen LogP contribution in [0.2, 0.25) is 0 Å². The zero-order valence-corrected chi connectivity index (χ0v) is 19.6. The van der Waals surface area contributed by atoms with Crippen molar-refractivity contribution in [3.8, 4) is 0 Å². The van der Waals surface area contributed by atoms with Gasteiger partial charge in [-0.05, 0) is 29.7 Å². The third-order valence-corrected chi connectivity index (χ3v) is 7.55. The lowest BCUT2D eigenvalue weighted by molar-refractivity contribution is 0.0516. The van der Waals surface area contributed by atoms with Gasteiger partial charge in [-0.15, -0.1) is 5.10 Å². The van der Waals surface area contributed by atoms with E-state index in [2.05, 4.69) is 46.2 Å². The molecule has 2 aliphatic heterocycles. The highest BCUT2D eigenvalue weighted by atomic mass is 32.2. The van der Waals surface area contributed by atoms with Gasteiger partial charge >= 0.3 is 0 Å². The molecule has 0 spiro atoms. The van der Waals surface area contributed by atoms with E-state index in [0.717, 1.165) is 12.0 Å². The minimum absolute atomic E-state index is 0.0270. The van der Waals surface area contributed by atoms with Gasteiger partial charge in [0.1, 0.15) is 5.25 Å². The fourth-order valence-corrected chi connectivity index (χ4v) is 5.75. The predicted molar refractivity (Wildman–Crippen MR) is 124 cm³/mol. The van der Waals surface area contributed by atoms with Crippen molar-refractivity contribution in [2.24, 2.45) is 0 Å². The second-order valence-electron chi connectivity index (χ2n) is 8.30. The number of piperazine rings is 1. The van der Waals surface area contributed by atoms with Crippen LogP contribution >= 0.6 is 11.8 Å². The van der Waals surface area contributed by atoms with Gasteiger partial charge in [0.15, 0.2) is 16.7 Å². The molecule has 9 heteroatoms. The molecule has 5 rings (SSSR count). The second-order valence-corrected chi connectivity index (χ2v) is 9.41. The van der Waals surface area contributed by atoms with Crippen LogP contribution in [-0.2, 0) is 12.8 Å². The molecule has 0 bridgehead atoms. The summed E-state index contributed by atoms with van der Waals surface area (Å²) >= 11 is 1.49. The molecule has 0 aliphatic carbocycles. The summed E-state index contributed by atoms with van der Waals surface area (Å²) < 4.78 is 6.76.